The molecule has 2 heterocycles. The predicted molar refractivity (Wildman–Crippen MR) is 112 cm³/mol. The molecule has 1 aliphatic rings. The molecule has 0 spiro atoms. The minimum Gasteiger partial charge on any atom is -0.497 e. The molecule has 1 amide bonds. The van der Waals surface area contributed by atoms with Crippen LogP contribution in [0.3, 0.4) is 0 Å². The molecule has 0 N–H and O–H groups in total. The first-order valence-electron chi connectivity index (χ1n) is 10.2. The van der Waals surface area contributed by atoms with Crippen LogP contribution in [0.25, 0.3) is 0 Å². The van der Waals surface area contributed by atoms with Crippen molar-refractivity contribution in [3.8, 4) is 11.5 Å². The number of aryl methyl sites for hydroxylation is 2. The molecule has 1 saturated heterocycles. The summed E-state index contributed by atoms with van der Waals surface area (Å²) in [5, 5.41) is 4.14. The first-order valence-corrected chi connectivity index (χ1v) is 10.2. The summed E-state index contributed by atoms with van der Waals surface area (Å²) in [7, 11) is 1.65. The molecule has 30 heavy (non-hydrogen) atoms. The normalized spacial score (nSPS) is 16.1. The van der Waals surface area contributed by atoms with Crippen molar-refractivity contribution in [2.75, 3.05) is 25.2 Å². The molecule has 1 aromatic heterocycles. The van der Waals surface area contributed by atoms with Crippen molar-refractivity contribution in [3.05, 3.63) is 65.8 Å². The Morgan fingerprint density at radius 3 is 2.70 bits per heavy atom. The van der Waals surface area contributed by atoms with Crippen LogP contribution in [-0.2, 0) is 17.6 Å². The van der Waals surface area contributed by atoms with E-state index in [0.29, 0.717) is 43.5 Å². The van der Waals surface area contributed by atoms with Gasteiger partial charge in [0.05, 0.1) is 19.4 Å². The largest absolute Gasteiger partial charge is 0.497 e. The van der Waals surface area contributed by atoms with Crippen molar-refractivity contribution >= 4 is 11.6 Å². The predicted octanol–water partition coefficient (Wildman–Crippen LogP) is 3.78. The van der Waals surface area contributed by atoms with E-state index in [-0.39, 0.29) is 11.8 Å². The van der Waals surface area contributed by atoms with E-state index in [1.165, 1.54) is 5.56 Å². The van der Waals surface area contributed by atoms with Crippen LogP contribution in [0.2, 0.25) is 0 Å². The highest BCUT2D eigenvalue weighted by atomic mass is 16.5. The Kier molecular flexibility index (Phi) is 5.97. The van der Waals surface area contributed by atoms with Crippen molar-refractivity contribution in [2.45, 2.75) is 32.1 Å². The lowest BCUT2D eigenvalue weighted by atomic mass is 10.1. The fraction of sp³-hybridized carbons (Fsp3) is 0.348. The number of ether oxygens (including phenoxy) is 2. The van der Waals surface area contributed by atoms with E-state index >= 15 is 0 Å². The number of carbonyl (C=O) groups excluding carboxylic acids is 1. The summed E-state index contributed by atoms with van der Waals surface area (Å²) in [4.78, 5) is 19.0. The number of amides is 1. The van der Waals surface area contributed by atoms with Crippen molar-refractivity contribution in [3.63, 3.8) is 0 Å². The summed E-state index contributed by atoms with van der Waals surface area (Å²) in [6.07, 6.45) is 1.80. The summed E-state index contributed by atoms with van der Waals surface area (Å²) < 4.78 is 16.3. The smallest absolute Gasteiger partial charge is 0.227 e. The number of hydrogen-bond acceptors (Lipinski definition) is 6. The van der Waals surface area contributed by atoms with Gasteiger partial charge in [0.2, 0.25) is 11.8 Å². The van der Waals surface area contributed by atoms with E-state index in [9.17, 15) is 4.79 Å². The Morgan fingerprint density at radius 2 is 1.93 bits per heavy atom. The average molecular weight is 407 g/mol. The number of rotatable bonds is 8. The maximum Gasteiger partial charge on any atom is 0.227 e. The second kappa shape index (κ2) is 8.98. The number of anilines is 1. The quantitative estimate of drug-likeness (QED) is 0.565. The van der Waals surface area contributed by atoms with Crippen LogP contribution >= 0.6 is 0 Å². The van der Waals surface area contributed by atoms with Gasteiger partial charge in [0, 0.05) is 25.3 Å². The molecule has 0 aliphatic carbocycles. The molecule has 3 aromatic rings. The Morgan fingerprint density at radius 1 is 1.13 bits per heavy atom. The van der Waals surface area contributed by atoms with E-state index < -0.39 is 0 Å². The van der Waals surface area contributed by atoms with E-state index in [1.54, 1.807) is 12.0 Å². The summed E-state index contributed by atoms with van der Waals surface area (Å²) in [5.41, 5.74) is 1.96. The molecular formula is C23H25N3O4. The van der Waals surface area contributed by atoms with Gasteiger partial charge >= 0.3 is 0 Å². The van der Waals surface area contributed by atoms with Crippen LogP contribution < -0.4 is 14.4 Å². The number of aromatic nitrogens is 2. The molecule has 7 heteroatoms. The van der Waals surface area contributed by atoms with Crippen LogP contribution in [0.5, 0.6) is 11.5 Å². The highest BCUT2D eigenvalue weighted by molar-refractivity contribution is 5.97. The fourth-order valence-electron chi connectivity index (χ4n) is 3.65. The molecular weight excluding hydrogens is 382 g/mol. The molecule has 0 saturated carbocycles. The fourth-order valence-corrected chi connectivity index (χ4v) is 3.65. The lowest BCUT2D eigenvalue weighted by Gasteiger charge is -2.19. The first-order chi connectivity index (χ1) is 14.7. The minimum absolute atomic E-state index is 0.0386. The molecule has 4 rings (SSSR count). The zero-order valence-corrected chi connectivity index (χ0v) is 17.2. The average Bonchev–Trinajstić information content (AvgIpc) is 3.40. The van der Waals surface area contributed by atoms with Gasteiger partial charge in [-0.15, -0.1) is 0 Å². The van der Waals surface area contributed by atoms with Crippen molar-refractivity contribution in [2.24, 2.45) is 0 Å². The summed E-state index contributed by atoms with van der Waals surface area (Å²) in [5.74, 6) is 2.66. The summed E-state index contributed by atoms with van der Waals surface area (Å²) >= 11 is 0. The van der Waals surface area contributed by atoms with Crippen LogP contribution in [0.4, 0.5) is 5.69 Å². The highest BCUT2D eigenvalue weighted by Crippen LogP contribution is 2.35. The third-order valence-corrected chi connectivity index (χ3v) is 5.22. The Bertz CT molecular complexity index is 1000. The maximum absolute atomic E-state index is 12.7. The lowest BCUT2D eigenvalue weighted by Crippen LogP contribution is -2.25. The third-order valence-electron chi connectivity index (χ3n) is 5.22. The van der Waals surface area contributed by atoms with Crippen LogP contribution in [0, 0.1) is 0 Å². The first kappa shape index (κ1) is 19.9. The van der Waals surface area contributed by atoms with Gasteiger partial charge in [-0.3, -0.25) is 4.79 Å². The molecule has 156 valence electrons. The van der Waals surface area contributed by atoms with E-state index in [1.807, 2.05) is 55.5 Å². The second-order valence-corrected chi connectivity index (χ2v) is 7.20. The number of carbonyl (C=O) groups is 1. The van der Waals surface area contributed by atoms with E-state index in [2.05, 4.69) is 10.1 Å². The molecule has 0 radical (unpaired) electrons. The van der Waals surface area contributed by atoms with Gasteiger partial charge in [-0.2, -0.15) is 4.98 Å². The molecule has 2 aromatic carbocycles. The van der Waals surface area contributed by atoms with Crippen molar-refractivity contribution in [1.82, 2.24) is 10.1 Å². The summed E-state index contributed by atoms with van der Waals surface area (Å²) in [6.45, 7) is 2.99. The zero-order chi connectivity index (χ0) is 20.9. The molecule has 1 atom stereocenters. The van der Waals surface area contributed by atoms with Crippen molar-refractivity contribution < 1.29 is 18.8 Å². The molecule has 1 aliphatic heterocycles. The highest BCUT2D eigenvalue weighted by Gasteiger charge is 2.35. The zero-order valence-electron chi connectivity index (χ0n) is 17.2. The summed E-state index contributed by atoms with van der Waals surface area (Å²) in [6, 6.07) is 15.5. The van der Waals surface area contributed by atoms with Crippen LogP contribution in [-0.4, -0.2) is 36.3 Å². The Hall–Kier alpha value is -3.35. The maximum atomic E-state index is 12.7. The monoisotopic (exact) mass is 407 g/mol. The SMILES string of the molecule is CCOc1ccccc1N1CC(c2noc(CCc3ccc(OC)cc3)n2)CC1=O. The second-order valence-electron chi connectivity index (χ2n) is 7.20. The van der Waals surface area contributed by atoms with E-state index in [0.717, 1.165) is 17.9 Å². The van der Waals surface area contributed by atoms with Gasteiger partial charge < -0.3 is 18.9 Å². The topological polar surface area (TPSA) is 77.7 Å². The molecule has 1 fully saturated rings. The Balaban J connectivity index is 1.41. The number of methoxy groups -OCH3 is 1. The third kappa shape index (κ3) is 4.30. The number of nitrogens with zero attached hydrogens (tertiary/aromatic N) is 3. The molecule has 7 nitrogen and oxygen atoms in total. The standard InChI is InChI=1S/C23H25N3O4/c1-3-29-20-7-5-4-6-19(20)26-15-17(14-22(26)27)23-24-21(30-25-23)13-10-16-8-11-18(28-2)12-9-16/h4-9,11-12,17H,3,10,13-15H2,1-2H3. The molecule has 1 unspecified atom stereocenters. The number of para-hydroxylation sites is 2. The van der Waals surface area contributed by atoms with Gasteiger partial charge in [0.15, 0.2) is 5.82 Å². The molecule has 0 bridgehead atoms. The van der Waals surface area contributed by atoms with Gasteiger partial charge in [-0.1, -0.05) is 29.4 Å². The Labute approximate surface area is 175 Å². The van der Waals surface area contributed by atoms with Crippen molar-refractivity contribution in [1.29, 1.82) is 0 Å². The van der Waals surface area contributed by atoms with Crippen LogP contribution in [0.1, 0.15) is 36.5 Å². The lowest BCUT2D eigenvalue weighted by molar-refractivity contribution is -0.117. The van der Waals surface area contributed by atoms with Gasteiger partial charge in [-0.05, 0) is 43.2 Å². The number of benzene rings is 2. The van der Waals surface area contributed by atoms with Gasteiger partial charge in [0.25, 0.3) is 0 Å². The van der Waals surface area contributed by atoms with Gasteiger partial charge in [0.1, 0.15) is 11.5 Å². The van der Waals surface area contributed by atoms with E-state index in [4.69, 9.17) is 14.0 Å². The van der Waals surface area contributed by atoms with Crippen LogP contribution in [0.15, 0.2) is 53.1 Å². The van der Waals surface area contributed by atoms with Gasteiger partial charge in [-0.25, -0.2) is 0 Å². The minimum atomic E-state index is -0.0920. The number of hydrogen-bond donors (Lipinski definition) is 0.